The van der Waals surface area contributed by atoms with Crippen LogP contribution in [0.2, 0.25) is 0 Å². The highest BCUT2D eigenvalue weighted by Gasteiger charge is 2.70. The fourth-order valence-corrected chi connectivity index (χ4v) is 13.0. The van der Waals surface area contributed by atoms with Crippen molar-refractivity contribution in [2.24, 2.45) is 23.2 Å². The second-order valence-electron chi connectivity index (χ2n) is 16.0. The van der Waals surface area contributed by atoms with E-state index in [9.17, 15) is 0 Å². The van der Waals surface area contributed by atoms with Gasteiger partial charge in [0.1, 0.15) is 11.2 Å². The molecule has 6 aromatic carbocycles. The van der Waals surface area contributed by atoms with Crippen molar-refractivity contribution in [3.05, 3.63) is 139 Å². The minimum absolute atomic E-state index is 0.393. The minimum atomic E-state index is 0.393. The van der Waals surface area contributed by atoms with Crippen molar-refractivity contribution in [3.8, 4) is 11.1 Å². The van der Waals surface area contributed by atoms with Crippen LogP contribution in [0.3, 0.4) is 0 Å². The molecule has 0 saturated heterocycles. The van der Waals surface area contributed by atoms with Gasteiger partial charge in [-0.3, -0.25) is 0 Å². The smallest absolute Gasteiger partial charge is 0.137 e. The summed E-state index contributed by atoms with van der Waals surface area (Å²) in [7, 11) is 0. The molecule has 0 aliphatic heterocycles. The molecule has 4 saturated carbocycles. The molecule has 1 spiro atoms. The zero-order valence-corrected chi connectivity index (χ0v) is 28.8. The molecule has 5 atom stereocenters. The van der Waals surface area contributed by atoms with E-state index in [2.05, 4.69) is 132 Å². The molecular weight excluding hydrogens is 627 g/mol. The highest BCUT2D eigenvalue weighted by Crippen LogP contribution is 2.79. The predicted octanol–water partition coefficient (Wildman–Crippen LogP) is 13.6. The minimum Gasteiger partial charge on any atom is -0.456 e. The molecular formula is C47H37NOS. The first kappa shape index (κ1) is 27.9. The van der Waals surface area contributed by atoms with Gasteiger partial charge in [-0.2, -0.15) is 0 Å². The van der Waals surface area contributed by atoms with Crippen molar-refractivity contribution in [1.82, 2.24) is 0 Å². The fraction of sp³-hybridized carbons (Fsp3) is 0.234. The number of fused-ring (bicyclic) bond motifs is 8. The highest BCUT2D eigenvalue weighted by atomic mass is 32.1. The third kappa shape index (κ3) is 3.74. The van der Waals surface area contributed by atoms with Crippen LogP contribution in [0, 0.1) is 23.2 Å². The van der Waals surface area contributed by atoms with Crippen LogP contribution in [0.5, 0.6) is 0 Å². The Kier molecular flexibility index (Phi) is 5.52. The maximum Gasteiger partial charge on any atom is 0.137 e. The van der Waals surface area contributed by atoms with Gasteiger partial charge in [0.15, 0.2) is 0 Å². The normalized spacial score (nSPS) is 26.3. The summed E-state index contributed by atoms with van der Waals surface area (Å²) in [6.45, 7) is 0. The van der Waals surface area contributed by atoms with Crippen molar-refractivity contribution in [1.29, 1.82) is 0 Å². The molecule has 4 fully saturated rings. The molecule has 2 nitrogen and oxygen atoms in total. The second-order valence-corrected chi connectivity index (χ2v) is 17.1. The van der Waals surface area contributed by atoms with Crippen molar-refractivity contribution < 1.29 is 4.42 Å². The van der Waals surface area contributed by atoms with Gasteiger partial charge in [-0.05, 0) is 132 Å². The molecule has 0 amide bonds. The monoisotopic (exact) mass is 663 g/mol. The van der Waals surface area contributed by atoms with Crippen LogP contribution in [-0.4, -0.2) is 0 Å². The SMILES string of the molecule is c1ccc2c(c1)oc1cc(N(c3ccc(-c4cccc5c4sc4ccccc45)cc3)c3ccc(C45CC6CC7CC(C4)C7(C6)C5)cc3)ccc12. The Morgan fingerprint density at radius 3 is 2.20 bits per heavy atom. The first-order valence-corrected chi connectivity index (χ1v) is 19.3. The van der Waals surface area contributed by atoms with Crippen LogP contribution >= 0.6 is 11.3 Å². The van der Waals surface area contributed by atoms with Crippen LogP contribution in [0.25, 0.3) is 53.2 Å². The number of para-hydroxylation sites is 1. The molecule has 8 aromatic rings. The van der Waals surface area contributed by atoms with Crippen molar-refractivity contribution in [3.63, 3.8) is 0 Å². The maximum atomic E-state index is 6.40. The van der Waals surface area contributed by atoms with Crippen molar-refractivity contribution in [2.75, 3.05) is 4.90 Å². The van der Waals surface area contributed by atoms with Crippen LogP contribution in [0.15, 0.2) is 138 Å². The third-order valence-electron chi connectivity index (χ3n) is 13.7. The van der Waals surface area contributed by atoms with Gasteiger partial charge >= 0.3 is 0 Å². The first-order valence-electron chi connectivity index (χ1n) is 18.5. The number of hydrogen-bond donors (Lipinski definition) is 0. The molecule has 3 bridgehead atoms. The molecule has 2 heterocycles. The Hall–Kier alpha value is -4.86. The summed E-state index contributed by atoms with van der Waals surface area (Å²) in [5.74, 6) is 2.95. The third-order valence-corrected chi connectivity index (χ3v) is 14.9. The lowest BCUT2D eigenvalue weighted by molar-refractivity contribution is -0.000160. The van der Waals surface area contributed by atoms with E-state index in [1.807, 2.05) is 17.4 Å². The first-order chi connectivity index (χ1) is 24.6. The molecule has 4 aliphatic rings. The molecule has 5 unspecified atom stereocenters. The fourth-order valence-electron chi connectivity index (χ4n) is 11.7. The van der Waals surface area contributed by atoms with Gasteiger partial charge in [-0.1, -0.05) is 78.9 Å². The molecule has 12 rings (SSSR count). The van der Waals surface area contributed by atoms with Crippen LogP contribution < -0.4 is 4.90 Å². The summed E-state index contributed by atoms with van der Waals surface area (Å²) in [4.78, 5) is 2.41. The average Bonchev–Trinajstić information content (AvgIpc) is 3.83. The Bertz CT molecular complexity index is 2640. The zero-order valence-electron chi connectivity index (χ0n) is 27.9. The zero-order chi connectivity index (χ0) is 32.6. The molecule has 2 aromatic heterocycles. The standard InChI is InChI=1S/C47H37NOS/c1-3-10-42-38(6-1)39-21-20-36(24-43(39)49-42)48(35-18-14-31(15-19-35)46-25-29-22-32-23-33(27-46)47(32,26-29)28-46)34-16-12-30(13-17-34)37-8-5-9-41-40-7-2-4-11-44(40)50-45(37)41/h1-21,24,29,32-33H,22-23,25-28H2. The molecule has 50 heavy (non-hydrogen) atoms. The largest absolute Gasteiger partial charge is 0.456 e. The molecule has 3 heteroatoms. The van der Waals surface area contributed by atoms with Crippen LogP contribution in [0.4, 0.5) is 17.1 Å². The molecule has 0 radical (unpaired) electrons. The van der Waals surface area contributed by atoms with Gasteiger partial charge in [-0.25, -0.2) is 0 Å². The highest BCUT2D eigenvalue weighted by molar-refractivity contribution is 7.26. The van der Waals surface area contributed by atoms with Gasteiger partial charge in [0, 0.05) is 54.1 Å². The summed E-state index contributed by atoms with van der Waals surface area (Å²) >= 11 is 1.89. The molecule has 242 valence electrons. The predicted molar refractivity (Wildman–Crippen MR) is 209 cm³/mol. The quantitative estimate of drug-likeness (QED) is 0.182. The lowest BCUT2D eigenvalue weighted by atomic mass is 9.55. The summed E-state index contributed by atoms with van der Waals surface area (Å²) in [6.07, 6.45) is 8.78. The van der Waals surface area contributed by atoms with Gasteiger partial charge in [0.05, 0.1) is 0 Å². The van der Waals surface area contributed by atoms with E-state index in [4.69, 9.17) is 4.42 Å². The van der Waals surface area contributed by atoms with E-state index in [1.54, 1.807) is 5.56 Å². The Morgan fingerprint density at radius 1 is 0.580 bits per heavy atom. The molecule has 0 N–H and O–H groups in total. The second kappa shape index (κ2) is 9.89. The topological polar surface area (TPSA) is 16.4 Å². The Morgan fingerprint density at radius 2 is 1.32 bits per heavy atom. The number of nitrogens with zero attached hydrogens (tertiary/aromatic N) is 1. The van der Waals surface area contributed by atoms with Crippen molar-refractivity contribution in [2.45, 2.75) is 43.9 Å². The van der Waals surface area contributed by atoms with Crippen LogP contribution in [0.1, 0.15) is 44.1 Å². The van der Waals surface area contributed by atoms with Gasteiger partial charge in [-0.15, -0.1) is 11.3 Å². The average molecular weight is 664 g/mol. The van der Waals surface area contributed by atoms with Crippen molar-refractivity contribution >= 4 is 70.5 Å². The van der Waals surface area contributed by atoms with Gasteiger partial charge < -0.3 is 9.32 Å². The number of thiophene rings is 1. The Balaban J connectivity index is 0.963. The number of furan rings is 1. The summed E-state index contributed by atoms with van der Waals surface area (Å²) in [5, 5.41) is 5.00. The lowest BCUT2D eigenvalue weighted by Gasteiger charge is -2.49. The Labute approximate surface area is 296 Å². The maximum absolute atomic E-state index is 6.40. The number of rotatable bonds is 5. The van der Waals surface area contributed by atoms with E-state index < -0.39 is 0 Å². The van der Waals surface area contributed by atoms with E-state index in [0.717, 1.165) is 51.1 Å². The van der Waals surface area contributed by atoms with Crippen LogP contribution in [-0.2, 0) is 5.41 Å². The number of benzene rings is 6. The van der Waals surface area contributed by atoms with Gasteiger partial charge in [0.2, 0.25) is 0 Å². The van der Waals surface area contributed by atoms with E-state index in [1.165, 1.54) is 75.5 Å². The summed E-state index contributed by atoms with van der Waals surface area (Å²) < 4.78 is 9.10. The lowest BCUT2D eigenvalue weighted by Crippen LogP contribution is -2.42. The van der Waals surface area contributed by atoms with E-state index in [-0.39, 0.29) is 0 Å². The van der Waals surface area contributed by atoms with E-state index in [0.29, 0.717) is 10.8 Å². The molecule has 4 aliphatic carbocycles. The summed E-state index contributed by atoms with van der Waals surface area (Å²) in [6, 6.07) is 49.5. The van der Waals surface area contributed by atoms with Gasteiger partial charge in [0.25, 0.3) is 0 Å². The number of hydrogen-bond acceptors (Lipinski definition) is 3. The summed E-state index contributed by atoms with van der Waals surface area (Å²) in [5.41, 5.74) is 10.5. The number of anilines is 3. The van der Waals surface area contributed by atoms with E-state index >= 15 is 0 Å².